The number of esters is 1. The summed E-state index contributed by atoms with van der Waals surface area (Å²) in [6, 6.07) is 29.4. The average molecular weight is 569 g/mol. The molecule has 0 aliphatic carbocycles. The molecular weight excluding hydrogens is 536 g/mol. The molecule has 1 amide bonds. The minimum Gasteiger partial charge on any atom is -0.494 e. The zero-order chi connectivity index (χ0) is 29.6. The quantitative estimate of drug-likeness (QED) is 0.0651. The number of amides is 1. The molecule has 216 valence electrons. The number of para-hydroxylation sites is 2. The maximum Gasteiger partial charge on any atom is 0.343 e. The number of hydrazone groups is 1. The second-order valence-electron chi connectivity index (χ2n) is 8.83. The third-order valence-electron chi connectivity index (χ3n) is 5.61. The fraction of sp³-hybridized carbons (Fsp3) is 0.182. The third-order valence-corrected chi connectivity index (χ3v) is 5.61. The highest BCUT2D eigenvalue weighted by molar-refractivity contribution is 5.92. The summed E-state index contributed by atoms with van der Waals surface area (Å²) in [7, 11) is 0. The Labute approximate surface area is 244 Å². The van der Waals surface area contributed by atoms with Crippen molar-refractivity contribution in [3.8, 4) is 28.7 Å². The molecular formula is C33H32N2O7. The van der Waals surface area contributed by atoms with Gasteiger partial charge in [0.2, 0.25) is 0 Å². The van der Waals surface area contributed by atoms with Crippen LogP contribution in [0.1, 0.15) is 36.2 Å². The van der Waals surface area contributed by atoms with Crippen molar-refractivity contribution in [2.45, 2.75) is 26.6 Å². The number of carbonyl (C=O) groups excluding carboxylic acids is 2. The van der Waals surface area contributed by atoms with Crippen molar-refractivity contribution in [2.75, 3.05) is 13.2 Å². The van der Waals surface area contributed by atoms with Gasteiger partial charge in [-0.1, -0.05) is 43.3 Å². The van der Waals surface area contributed by atoms with E-state index in [-0.39, 0.29) is 5.75 Å². The standard InChI is InChI=1S/C33H32N2O7/c1-3-21-39-26-18-16-25(17-19-26)32(37)42-29-20-15-24(22-30(29)38-4-2)23-34-35-31(36)33(40-27-11-7-5-8-12-27)41-28-13-9-6-10-14-28/h5-20,22-23,33H,3-4,21H2,1-2H3,(H,35,36)/b34-23+. The van der Waals surface area contributed by atoms with Crippen molar-refractivity contribution in [2.24, 2.45) is 5.10 Å². The maximum absolute atomic E-state index is 12.9. The molecule has 9 nitrogen and oxygen atoms in total. The van der Waals surface area contributed by atoms with Crippen LogP contribution in [0.4, 0.5) is 0 Å². The highest BCUT2D eigenvalue weighted by Crippen LogP contribution is 2.29. The molecule has 0 aliphatic heterocycles. The van der Waals surface area contributed by atoms with Crippen molar-refractivity contribution in [1.82, 2.24) is 5.43 Å². The first-order chi connectivity index (χ1) is 20.6. The van der Waals surface area contributed by atoms with Crippen molar-refractivity contribution in [1.29, 1.82) is 0 Å². The van der Waals surface area contributed by atoms with Crippen molar-refractivity contribution in [3.05, 3.63) is 114 Å². The van der Waals surface area contributed by atoms with E-state index in [1.165, 1.54) is 6.21 Å². The van der Waals surface area contributed by atoms with Gasteiger partial charge in [0.05, 0.1) is 25.0 Å². The second-order valence-corrected chi connectivity index (χ2v) is 8.83. The zero-order valence-electron chi connectivity index (χ0n) is 23.4. The van der Waals surface area contributed by atoms with E-state index in [4.69, 9.17) is 23.7 Å². The largest absolute Gasteiger partial charge is 0.494 e. The Morgan fingerprint density at radius 3 is 2.00 bits per heavy atom. The van der Waals surface area contributed by atoms with Gasteiger partial charge in [-0.05, 0) is 85.6 Å². The molecule has 1 N–H and O–H groups in total. The molecule has 42 heavy (non-hydrogen) atoms. The van der Waals surface area contributed by atoms with Gasteiger partial charge in [-0.2, -0.15) is 5.10 Å². The average Bonchev–Trinajstić information content (AvgIpc) is 3.02. The molecule has 4 aromatic rings. The van der Waals surface area contributed by atoms with Gasteiger partial charge < -0.3 is 23.7 Å². The second kappa shape index (κ2) is 15.5. The lowest BCUT2D eigenvalue weighted by molar-refractivity contribution is -0.140. The van der Waals surface area contributed by atoms with Crippen molar-refractivity contribution < 1.29 is 33.3 Å². The topological polar surface area (TPSA) is 105 Å². The molecule has 0 spiro atoms. The predicted octanol–water partition coefficient (Wildman–Crippen LogP) is 6.03. The monoisotopic (exact) mass is 568 g/mol. The van der Waals surface area contributed by atoms with Crippen LogP contribution in [-0.4, -0.2) is 37.6 Å². The van der Waals surface area contributed by atoms with Crippen LogP contribution in [0.2, 0.25) is 0 Å². The Morgan fingerprint density at radius 2 is 1.40 bits per heavy atom. The number of hydrogen-bond donors (Lipinski definition) is 1. The van der Waals surface area contributed by atoms with E-state index < -0.39 is 18.2 Å². The van der Waals surface area contributed by atoms with Crippen LogP contribution < -0.4 is 29.1 Å². The summed E-state index contributed by atoms with van der Waals surface area (Å²) >= 11 is 0. The van der Waals surface area contributed by atoms with Crippen LogP contribution in [0, 0.1) is 0 Å². The Balaban J connectivity index is 1.41. The molecule has 0 saturated carbocycles. The van der Waals surface area contributed by atoms with Gasteiger partial charge in [-0.3, -0.25) is 4.79 Å². The first-order valence-electron chi connectivity index (χ1n) is 13.5. The molecule has 4 aromatic carbocycles. The number of hydrogen-bond acceptors (Lipinski definition) is 8. The van der Waals surface area contributed by atoms with E-state index in [0.29, 0.717) is 47.3 Å². The van der Waals surface area contributed by atoms with Gasteiger partial charge in [0, 0.05) is 0 Å². The molecule has 0 atom stereocenters. The van der Waals surface area contributed by atoms with E-state index >= 15 is 0 Å². The van der Waals surface area contributed by atoms with Gasteiger partial charge in [0.15, 0.2) is 11.5 Å². The van der Waals surface area contributed by atoms with E-state index in [1.807, 2.05) is 26.0 Å². The minimum atomic E-state index is -1.29. The zero-order valence-corrected chi connectivity index (χ0v) is 23.4. The summed E-state index contributed by atoms with van der Waals surface area (Å²) in [4.78, 5) is 25.7. The lowest BCUT2D eigenvalue weighted by Gasteiger charge is -2.18. The molecule has 0 bridgehead atoms. The van der Waals surface area contributed by atoms with Crippen LogP contribution in [-0.2, 0) is 4.79 Å². The Hall–Kier alpha value is -5.31. The molecule has 0 radical (unpaired) electrons. The Kier molecular flexibility index (Phi) is 10.9. The smallest absolute Gasteiger partial charge is 0.343 e. The number of benzene rings is 4. The molecule has 9 heteroatoms. The van der Waals surface area contributed by atoms with Crippen LogP contribution in [0.5, 0.6) is 28.7 Å². The van der Waals surface area contributed by atoms with Crippen molar-refractivity contribution >= 4 is 18.1 Å². The van der Waals surface area contributed by atoms with Crippen LogP contribution in [0.25, 0.3) is 0 Å². The first-order valence-corrected chi connectivity index (χ1v) is 13.5. The molecule has 0 saturated heterocycles. The number of rotatable bonds is 14. The Bertz CT molecular complexity index is 1420. The van der Waals surface area contributed by atoms with E-state index in [1.54, 1.807) is 91.0 Å². The van der Waals surface area contributed by atoms with Crippen LogP contribution in [0.15, 0.2) is 108 Å². The summed E-state index contributed by atoms with van der Waals surface area (Å²) in [5.74, 6) is 1.07. The SMILES string of the molecule is CCCOc1ccc(C(=O)Oc2ccc(/C=N/NC(=O)C(Oc3ccccc3)Oc3ccccc3)cc2OCC)cc1. The van der Waals surface area contributed by atoms with Gasteiger partial charge in [0.1, 0.15) is 17.2 Å². The number of nitrogens with one attached hydrogen (secondary N) is 1. The highest BCUT2D eigenvalue weighted by atomic mass is 16.7. The molecule has 0 fully saturated rings. The Morgan fingerprint density at radius 1 is 0.762 bits per heavy atom. The van der Waals surface area contributed by atoms with Gasteiger partial charge in [-0.15, -0.1) is 0 Å². The molecule has 4 rings (SSSR count). The number of ether oxygens (including phenoxy) is 5. The molecule has 0 unspecified atom stereocenters. The summed E-state index contributed by atoms with van der Waals surface area (Å²) < 4.78 is 28.4. The van der Waals surface area contributed by atoms with Gasteiger partial charge in [-0.25, -0.2) is 10.2 Å². The minimum absolute atomic E-state index is 0.252. The fourth-order valence-electron chi connectivity index (χ4n) is 3.62. The summed E-state index contributed by atoms with van der Waals surface area (Å²) in [5, 5.41) is 4.05. The van der Waals surface area contributed by atoms with Crippen LogP contribution >= 0.6 is 0 Å². The normalized spacial score (nSPS) is 10.7. The summed E-state index contributed by atoms with van der Waals surface area (Å²) in [6.07, 6.45) is 1.03. The van der Waals surface area contributed by atoms with Crippen LogP contribution in [0.3, 0.4) is 0 Å². The highest BCUT2D eigenvalue weighted by Gasteiger charge is 2.22. The maximum atomic E-state index is 12.9. The molecule has 0 aliphatic rings. The third kappa shape index (κ3) is 8.85. The van der Waals surface area contributed by atoms with E-state index in [9.17, 15) is 9.59 Å². The number of nitrogens with zero attached hydrogens (tertiary/aromatic N) is 1. The summed E-state index contributed by atoms with van der Waals surface area (Å²) in [5.41, 5.74) is 3.43. The predicted molar refractivity (Wildman–Crippen MR) is 158 cm³/mol. The first kappa shape index (κ1) is 29.7. The van der Waals surface area contributed by atoms with Gasteiger partial charge >= 0.3 is 18.2 Å². The number of carbonyl (C=O) groups is 2. The van der Waals surface area contributed by atoms with Gasteiger partial charge in [0.25, 0.3) is 0 Å². The summed E-state index contributed by atoms with van der Waals surface area (Å²) in [6.45, 7) is 4.79. The van der Waals surface area contributed by atoms with E-state index in [0.717, 1.165) is 6.42 Å². The lowest BCUT2D eigenvalue weighted by Crippen LogP contribution is -2.40. The fourth-order valence-corrected chi connectivity index (χ4v) is 3.62. The molecule has 0 aromatic heterocycles. The lowest BCUT2D eigenvalue weighted by atomic mass is 10.2. The van der Waals surface area contributed by atoms with E-state index in [2.05, 4.69) is 10.5 Å². The van der Waals surface area contributed by atoms with Crippen molar-refractivity contribution in [3.63, 3.8) is 0 Å². The molecule has 0 heterocycles.